The Labute approximate surface area is 137 Å². The first kappa shape index (κ1) is 15.9. The first-order valence-electron chi connectivity index (χ1n) is 7.41. The van der Waals surface area contributed by atoms with Gasteiger partial charge in [0.05, 0.1) is 12.8 Å². The van der Waals surface area contributed by atoms with Crippen molar-refractivity contribution in [2.75, 3.05) is 6.54 Å². The Morgan fingerprint density at radius 1 is 1.46 bits per heavy atom. The summed E-state index contributed by atoms with van der Waals surface area (Å²) in [6, 6.07) is 6.78. The first-order valence-corrected chi connectivity index (χ1v) is 7.41. The van der Waals surface area contributed by atoms with E-state index in [4.69, 9.17) is 4.42 Å². The molecule has 1 unspecified atom stereocenters. The standard InChI is InChI=1S/C17H17N3O4/c1-11-5-6-20-14(8-11)18-9-12(16(20)22)15(21)19-10-17(2,23)13-4-3-7-24-13/h3-9,23H,10H2,1-2H3,(H,19,21). The highest BCUT2D eigenvalue weighted by Gasteiger charge is 2.27. The third-order valence-corrected chi connectivity index (χ3v) is 3.76. The van der Waals surface area contributed by atoms with Crippen molar-refractivity contribution in [3.63, 3.8) is 0 Å². The second kappa shape index (κ2) is 5.93. The lowest BCUT2D eigenvalue weighted by atomic mass is 10.0. The number of carbonyl (C=O) groups excluding carboxylic acids is 1. The highest BCUT2D eigenvalue weighted by Crippen LogP contribution is 2.19. The summed E-state index contributed by atoms with van der Waals surface area (Å²) in [5.74, 6) is -0.277. The molecule has 7 nitrogen and oxygen atoms in total. The number of nitrogens with zero attached hydrogens (tertiary/aromatic N) is 2. The molecule has 0 spiro atoms. The first-order chi connectivity index (χ1) is 11.4. The van der Waals surface area contributed by atoms with Crippen molar-refractivity contribution < 1.29 is 14.3 Å². The summed E-state index contributed by atoms with van der Waals surface area (Å²) in [5, 5.41) is 12.9. The summed E-state index contributed by atoms with van der Waals surface area (Å²) in [5.41, 5.74) is -0.494. The maximum absolute atomic E-state index is 12.4. The molecule has 0 saturated heterocycles. The van der Waals surface area contributed by atoms with Crippen LogP contribution in [0.4, 0.5) is 0 Å². The Morgan fingerprint density at radius 3 is 2.96 bits per heavy atom. The number of pyridine rings is 1. The molecular formula is C17H17N3O4. The lowest BCUT2D eigenvalue weighted by Crippen LogP contribution is -2.40. The van der Waals surface area contributed by atoms with Gasteiger partial charge >= 0.3 is 0 Å². The van der Waals surface area contributed by atoms with Crippen molar-refractivity contribution in [3.8, 4) is 0 Å². The number of fused-ring (bicyclic) bond motifs is 1. The van der Waals surface area contributed by atoms with Crippen LogP contribution in [0.3, 0.4) is 0 Å². The smallest absolute Gasteiger partial charge is 0.270 e. The van der Waals surface area contributed by atoms with E-state index in [2.05, 4.69) is 10.3 Å². The third kappa shape index (κ3) is 2.93. The Bertz CT molecular complexity index is 942. The van der Waals surface area contributed by atoms with E-state index in [0.717, 1.165) is 5.56 Å². The third-order valence-electron chi connectivity index (χ3n) is 3.76. The monoisotopic (exact) mass is 327 g/mol. The van der Waals surface area contributed by atoms with Crippen LogP contribution in [-0.4, -0.2) is 26.9 Å². The number of aromatic nitrogens is 2. The number of aliphatic hydroxyl groups is 1. The lowest BCUT2D eigenvalue weighted by molar-refractivity contribution is 0.0330. The molecule has 0 bridgehead atoms. The number of nitrogens with one attached hydrogen (secondary N) is 1. The lowest BCUT2D eigenvalue weighted by Gasteiger charge is -2.21. The van der Waals surface area contributed by atoms with Crippen molar-refractivity contribution in [1.82, 2.24) is 14.7 Å². The number of carbonyl (C=O) groups is 1. The maximum Gasteiger partial charge on any atom is 0.270 e. The fourth-order valence-corrected chi connectivity index (χ4v) is 2.35. The average molecular weight is 327 g/mol. The molecule has 0 saturated carbocycles. The Hall–Kier alpha value is -2.93. The molecule has 7 heteroatoms. The van der Waals surface area contributed by atoms with Gasteiger partial charge < -0.3 is 14.8 Å². The highest BCUT2D eigenvalue weighted by molar-refractivity contribution is 5.93. The number of aryl methyl sites for hydroxylation is 1. The van der Waals surface area contributed by atoms with Crippen LogP contribution in [0.1, 0.15) is 28.6 Å². The zero-order chi connectivity index (χ0) is 17.3. The molecule has 0 aliphatic rings. The number of hydrogen-bond donors (Lipinski definition) is 2. The summed E-state index contributed by atoms with van der Waals surface area (Å²) in [7, 11) is 0. The minimum Gasteiger partial charge on any atom is -0.466 e. The molecule has 3 aromatic heterocycles. The van der Waals surface area contributed by atoms with E-state index in [1.54, 1.807) is 30.5 Å². The van der Waals surface area contributed by atoms with Crippen LogP contribution in [0.25, 0.3) is 5.65 Å². The van der Waals surface area contributed by atoms with Gasteiger partial charge in [0.2, 0.25) is 0 Å². The Balaban J connectivity index is 1.83. The summed E-state index contributed by atoms with van der Waals surface area (Å²) in [6.45, 7) is 3.30. The summed E-state index contributed by atoms with van der Waals surface area (Å²) in [6.07, 6.45) is 4.26. The van der Waals surface area contributed by atoms with Crippen molar-refractivity contribution >= 4 is 11.6 Å². The second-order valence-corrected chi connectivity index (χ2v) is 5.84. The van der Waals surface area contributed by atoms with E-state index >= 15 is 0 Å². The molecule has 24 heavy (non-hydrogen) atoms. The molecule has 0 aromatic carbocycles. The summed E-state index contributed by atoms with van der Waals surface area (Å²) < 4.78 is 6.46. The average Bonchev–Trinajstić information content (AvgIpc) is 3.08. The molecule has 124 valence electrons. The molecule has 0 radical (unpaired) electrons. The van der Waals surface area contributed by atoms with E-state index in [1.807, 2.05) is 6.92 Å². The van der Waals surface area contributed by atoms with Crippen molar-refractivity contribution in [2.45, 2.75) is 19.4 Å². The van der Waals surface area contributed by atoms with E-state index in [0.29, 0.717) is 11.4 Å². The molecule has 0 fully saturated rings. The largest absolute Gasteiger partial charge is 0.466 e. The molecule has 1 atom stereocenters. The Morgan fingerprint density at radius 2 is 2.25 bits per heavy atom. The number of furan rings is 1. The molecular weight excluding hydrogens is 310 g/mol. The van der Waals surface area contributed by atoms with Gasteiger partial charge in [0, 0.05) is 12.4 Å². The van der Waals surface area contributed by atoms with Gasteiger partial charge in [-0.15, -0.1) is 0 Å². The zero-order valence-corrected chi connectivity index (χ0v) is 13.3. The fraction of sp³-hybridized carbons (Fsp3) is 0.235. The SMILES string of the molecule is Cc1ccn2c(=O)c(C(=O)NCC(C)(O)c3ccco3)cnc2c1. The van der Waals surface area contributed by atoms with Gasteiger partial charge in [-0.3, -0.25) is 14.0 Å². The molecule has 3 rings (SSSR count). The van der Waals surface area contributed by atoms with E-state index in [1.165, 1.54) is 23.8 Å². The van der Waals surface area contributed by atoms with Crippen molar-refractivity contribution in [3.05, 3.63) is 70.2 Å². The summed E-state index contributed by atoms with van der Waals surface area (Å²) in [4.78, 5) is 28.8. The van der Waals surface area contributed by atoms with Gasteiger partial charge in [-0.05, 0) is 43.7 Å². The van der Waals surface area contributed by atoms with Gasteiger partial charge in [-0.2, -0.15) is 0 Å². The van der Waals surface area contributed by atoms with E-state index < -0.39 is 17.1 Å². The highest BCUT2D eigenvalue weighted by atomic mass is 16.4. The van der Waals surface area contributed by atoms with Crippen molar-refractivity contribution in [1.29, 1.82) is 0 Å². The topological polar surface area (TPSA) is 96.8 Å². The summed E-state index contributed by atoms with van der Waals surface area (Å²) >= 11 is 0. The molecule has 2 N–H and O–H groups in total. The predicted octanol–water partition coefficient (Wildman–Crippen LogP) is 1.23. The van der Waals surface area contributed by atoms with Crippen LogP contribution in [-0.2, 0) is 5.60 Å². The zero-order valence-electron chi connectivity index (χ0n) is 13.3. The normalized spacial score (nSPS) is 13.6. The molecule has 0 aliphatic carbocycles. The van der Waals surface area contributed by atoms with Gasteiger partial charge in [-0.1, -0.05) is 0 Å². The van der Waals surface area contributed by atoms with Gasteiger partial charge in [0.15, 0.2) is 0 Å². The van der Waals surface area contributed by atoms with E-state index in [-0.39, 0.29) is 12.1 Å². The second-order valence-electron chi connectivity index (χ2n) is 5.84. The fourth-order valence-electron chi connectivity index (χ4n) is 2.35. The number of amides is 1. The van der Waals surface area contributed by atoms with Crippen LogP contribution >= 0.6 is 0 Å². The Kier molecular flexibility index (Phi) is 3.94. The molecule has 3 heterocycles. The van der Waals surface area contributed by atoms with Gasteiger partial charge in [0.25, 0.3) is 11.5 Å². The van der Waals surface area contributed by atoms with Crippen LogP contribution < -0.4 is 10.9 Å². The van der Waals surface area contributed by atoms with Crippen LogP contribution in [0.15, 0.2) is 52.1 Å². The number of hydrogen-bond acceptors (Lipinski definition) is 5. The maximum atomic E-state index is 12.4. The van der Waals surface area contributed by atoms with Crippen molar-refractivity contribution in [2.24, 2.45) is 0 Å². The predicted molar refractivity (Wildman–Crippen MR) is 86.8 cm³/mol. The molecule has 1 amide bonds. The van der Waals surface area contributed by atoms with Crippen LogP contribution in [0.2, 0.25) is 0 Å². The minimum atomic E-state index is -1.38. The number of rotatable bonds is 4. The minimum absolute atomic E-state index is 0.0911. The molecule has 3 aromatic rings. The van der Waals surface area contributed by atoms with Crippen LogP contribution in [0.5, 0.6) is 0 Å². The van der Waals surface area contributed by atoms with Crippen LogP contribution in [0, 0.1) is 6.92 Å². The molecule has 0 aliphatic heterocycles. The van der Waals surface area contributed by atoms with E-state index in [9.17, 15) is 14.7 Å². The quantitative estimate of drug-likeness (QED) is 0.751. The van der Waals surface area contributed by atoms with Gasteiger partial charge in [0.1, 0.15) is 22.6 Å². The van der Waals surface area contributed by atoms with Gasteiger partial charge in [-0.25, -0.2) is 4.98 Å².